The van der Waals surface area contributed by atoms with Crippen LogP contribution < -0.4 is 5.32 Å². The monoisotopic (exact) mass is 241 g/mol. The summed E-state index contributed by atoms with van der Waals surface area (Å²) in [4.78, 5) is 0. The van der Waals surface area contributed by atoms with Gasteiger partial charge in [0, 0.05) is 4.47 Å². The van der Waals surface area contributed by atoms with Gasteiger partial charge in [-0.25, -0.2) is 0 Å². The van der Waals surface area contributed by atoms with Gasteiger partial charge in [-0.2, -0.15) is 0 Å². The summed E-state index contributed by atoms with van der Waals surface area (Å²) < 4.78 is 1.07. The van der Waals surface area contributed by atoms with Crippen LogP contribution in [-0.4, -0.2) is 17.3 Å². The lowest BCUT2D eigenvalue weighted by Crippen LogP contribution is -2.36. The molecular formula is C10H12BrNO. The number of aliphatic hydroxyl groups excluding tert-OH is 1. The molecule has 1 aromatic carbocycles. The van der Waals surface area contributed by atoms with Gasteiger partial charge in [0.1, 0.15) is 0 Å². The number of nitrogens with one attached hydrogen (secondary N) is 1. The minimum Gasteiger partial charge on any atom is -0.394 e. The van der Waals surface area contributed by atoms with E-state index in [1.165, 1.54) is 5.56 Å². The van der Waals surface area contributed by atoms with Crippen molar-refractivity contribution in [1.82, 2.24) is 0 Å². The van der Waals surface area contributed by atoms with Crippen LogP contribution in [0.3, 0.4) is 0 Å². The topological polar surface area (TPSA) is 32.3 Å². The standard InChI is InChI=1S/C10H12BrNO/c1-10(6-13)5-7-3-2-4-8(11)9(7)12-10/h2-4,12-13H,5-6H2,1H3. The number of fused-ring (bicyclic) bond motifs is 1. The Labute approximate surface area is 86.1 Å². The van der Waals surface area contributed by atoms with Gasteiger partial charge in [-0.3, -0.25) is 0 Å². The summed E-state index contributed by atoms with van der Waals surface area (Å²) in [6, 6.07) is 6.12. The van der Waals surface area contributed by atoms with E-state index in [4.69, 9.17) is 0 Å². The molecule has 0 radical (unpaired) electrons. The molecular weight excluding hydrogens is 230 g/mol. The molecule has 70 valence electrons. The molecule has 0 amide bonds. The molecule has 0 saturated carbocycles. The molecule has 2 N–H and O–H groups in total. The summed E-state index contributed by atoms with van der Waals surface area (Å²) in [5, 5.41) is 12.5. The molecule has 1 unspecified atom stereocenters. The minimum absolute atomic E-state index is 0.161. The molecule has 0 aliphatic carbocycles. The van der Waals surface area contributed by atoms with E-state index in [2.05, 4.69) is 27.3 Å². The van der Waals surface area contributed by atoms with Gasteiger partial charge >= 0.3 is 0 Å². The average Bonchev–Trinajstić information content (AvgIpc) is 2.45. The van der Waals surface area contributed by atoms with Crippen LogP contribution in [0.1, 0.15) is 12.5 Å². The molecule has 2 nitrogen and oxygen atoms in total. The molecule has 0 saturated heterocycles. The highest BCUT2D eigenvalue weighted by molar-refractivity contribution is 9.10. The Morgan fingerprint density at radius 2 is 2.38 bits per heavy atom. The number of hydrogen-bond donors (Lipinski definition) is 2. The fraction of sp³-hybridized carbons (Fsp3) is 0.400. The largest absolute Gasteiger partial charge is 0.394 e. The fourth-order valence-corrected chi connectivity index (χ4v) is 2.22. The van der Waals surface area contributed by atoms with Crippen molar-refractivity contribution in [2.24, 2.45) is 0 Å². The van der Waals surface area contributed by atoms with Gasteiger partial charge in [0.15, 0.2) is 0 Å². The van der Waals surface area contributed by atoms with Crippen LogP contribution in [-0.2, 0) is 6.42 Å². The molecule has 0 fully saturated rings. The van der Waals surface area contributed by atoms with Crippen molar-refractivity contribution in [2.75, 3.05) is 11.9 Å². The third-order valence-electron chi connectivity index (χ3n) is 2.46. The van der Waals surface area contributed by atoms with E-state index in [0.29, 0.717) is 0 Å². The molecule has 1 atom stereocenters. The summed E-state index contributed by atoms with van der Waals surface area (Å²) in [5.74, 6) is 0. The Balaban J connectivity index is 2.40. The maximum Gasteiger partial charge on any atom is 0.0662 e. The average molecular weight is 242 g/mol. The Bertz CT molecular complexity index is 340. The highest BCUT2D eigenvalue weighted by Crippen LogP contribution is 2.37. The highest BCUT2D eigenvalue weighted by atomic mass is 79.9. The van der Waals surface area contributed by atoms with E-state index in [0.717, 1.165) is 16.6 Å². The van der Waals surface area contributed by atoms with Crippen LogP contribution >= 0.6 is 15.9 Å². The maximum atomic E-state index is 9.21. The second-order valence-corrected chi connectivity index (χ2v) is 4.65. The van der Waals surface area contributed by atoms with Crippen molar-refractivity contribution in [3.63, 3.8) is 0 Å². The first-order chi connectivity index (χ1) is 6.14. The number of rotatable bonds is 1. The van der Waals surface area contributed by atoms with E-state index in [1.54, 1.807) is 0 Å². The Morgan fingerprint density at radius 1 is 1.62 bits per heavy atom. The van der Waals surface area contributed by atoms with Crippen molar-refractivity contribution < 1.29 is 5.11 Å². The summed E-state index contributed by atoms with van der Waals surface area (Å²) in [5.41, 5.74) is 2.21. The lowest BCUT2D eigenvalue weighted by atomic mass is 9.99. The fourth-order valence-electron chi connectivity index (χ4n) is 1.72. The van der Waals surface area contributed by atoms with Gasteiger partial charge in [0.05, 0.1) is 17.8 Å². The van der Waals surface area contributed by atoms with Gasteiger partial charge in [0.2, 0.25) is 0 Å². The molecule has 2 rings (SSSR count). The second kappa shape index (κ2) is 3.00. The van der Waals surface area contributed by atoms with Crippen LogP contribution in [0.5, 0.6) is 0 Å². The second-order valence-electron chi connectivity index (χ2n) is 3.79. The van der Waals surface area contributed by atoms with Gasteiger partial charge in [-0.05, 0) is 40.9 Å². The Hall–Kier alpha value is -0.540. The highest BCUT2D eigenvalue weighted by Gasteiger charge is 2.32. The lowest BCUT2D eigenvalue weighted by Gasteiger charge is -2.21. The first-order valence-corrected chi connectivity index (χ1v) is 5.10. The third-order valence-corrected chi connectivity index (χ3v) is 3.12. The smallest absolute Gasteiger partial charge is 0.0662 e. The number of para-hydroxylation sites is 1. The van der Waals surface area contributed by atoms with Crippen molar-refractivity contribution in [1.29, 1.82) is 0 Å². The maximum absolute atomic E-state index is 9.21. The predicted octanol–water partition coefficient (Wildman–Crippen LogP) is 2.17. The molecule has 1 aromatic rings. The van der Waals surface area contributed by atoms with E-state index in [-0.39, 0.29) is 12.1 Å². The SMILES string of the molecule is CC1(CO)Cc2cccc(Br)c2N1. The van der Waals surface area contributed by atoms with Gasteiger partial charge in [-0.1, -0.05) is 12.1 Å². The molecule has 1 aliphatic heterocycles. The van der Waals surface area contributed by atoms with Gasteiger partial charge in [0.25, 0.3) is 0 Å². The normalized spacial score (nSPS) is 25.5. The molecule has 0 bridgehead atoms. The number of hydrogen-bond acceptors (Lipinski definition) is 2. The molecule has 0 aromatic heterocycles. The summed E-state index contributed by atoms with van der Waals surface area (Å²) in [6.07, 6.45) is 0.887. The number of halogens is 1. The van der Waals surface area contributed by atoms with E-state index >= 15 is 0 Å². The summed E-state index contributed by atoms with van der Waals surface area (Å²) in [7, 11) is 0. The van der Waals surface area contributed by atoms with E-state index < -0.39 is 0 Å². The van der Waals surface area contributed by atoms with Crippen molar-refractivity contribution in [3.8, 4) is 0 Å². The van der Waals surface area contributed by atoms with Crippen molar-refractivity contribution in [2.45, 2.75) is 18.9 Å². The molecule has 3 heteroatoms. The first kappa shape index (κ1) is 9.03. The minimum atomic E-state index is -0.188. The molecule has 1 aliphatic rings. The van der Waals surface area contributed by atoms with Crippen molar-refractivity contribution >= 4 is 21.6 Å². The van der Waals surface area contributed by atoms with Crippen LogP contribution in [0.4, 0.5) is 5.69 Å². The van der Waals surface area contributed by atoms with Crippen LogP contribution in [0, 0.1) is 0 Å². The molecule has 0 spiro atoms. The van der Waals surface area contributed by atoms with Crippen LogP contribution in [0.15, 0.2) is 22.7 Å². The van der Waals surface area contributed by atoms with Crippen LogP contribution in [0.25, 0.3) is 0 Å². The Morgan fingerprint density at radius 3 is 3.00 bits per heavy atom. The van der Waals surface area contributed by atoms with Gasteiger partial charge in [-0.15, -0.1) is 0 Å². The summed E-state index contributed by atoms with van der Waals surface area (Å²) in [6.45, 7) is 2.19. The molecule has 13 heavy (non-hydrogen) atoms. The number of anilines is 1. The first-order valence-electron chi connectivity index (χ1n) is 4.31. The van der Waals surface area contributed by atoms with E-state index in [9.17, 15) is 5.11 Å². The zero-order valence-electron chi connectivity index (χ0n) is 7.47. The molecule has 1 heterocycles. The third kappa shape index (κ3) is 1.46. The predicted molar refractivity (Wildman–Crippen MR) is 57.0 cm³/mol. The van der Waals surface area contributed by atoms with Crippen molar-refractivity contribution in [3.05, 3.63) is 28.2 Å². The Kier molecular flexibility index (Phi) is 2.08. The van der Waals surface area contributed by atoms with E-state index in [1.807, 2.05) is 19.1 Å². The zero-order valence-corrected chi connectivity index (χ0v) is 9.06. The number of benzene rings is 1. The summed E-state index contributed by atoms with van der Waals surface area (Å²) >= 11 is 3.48. The van der Waals surface area contributed by atoms with Crippen LogP contribution in [0.2, 0.25) is 0 Å². The quantitative estimate of drug-likeness (QED) is 0.790. The number of aliphatic hydroxyl groups is 1. The lowest BCUT2D eigenvalue weighted by molar-refractivity contribution is 0.227. The van der Waals surface area contributed by atoms with Gasteiger partial charge < -0.3 is 10.4 Å². The zero-order chi connectivity index (χ0) is 9.47.